The van der Waals surface area contributed by atoms with E-state index in [1.807, 2.05) is 6.07 Å². The van der Waals surface area contributed by atoms with Crippen molar-refractivity contribution >= 4 is 16.7 Å². The van der Waals surface area contributed by atoms with Crippen molar-refractivity contribution in [3.63, 3.8) is 0 Å². The third-order valence-corrected chi connectivity index (χ3v) is 4.60. The molecule has 2 aromatic carbocycles. The van der Waals surface area contributed by atoms with Gasteiger partial charge in [-0.15, -0.1) is 0 Å². The van der Waals surface area contributed by atoms with Crippen molar-refractivity contribution in [3.8, 4) is 17.6 Å². The number of imidazole rings is 1. The number of benzene rings is 2. The molecule has 0 atom stereocenters. The van der Waals surface area contributed by atoms with Crippen LogP contribution in [0.25, 0.3) is 11.0 Å². The molecule has 0 amide bonds. The van der Waals surface area contributed by atoms with E-state index in [9.17, 15) is 32.9 Å². The Kier molecular flexibility index (Phi) is 4.09. The normalized spacial score (nSPS) is 16.3. The molecule has 0 bridgehead atoms. The van der Waals surface area contributed by atoms with Gasteiger partial charge in [0.25, 0.3) is 5.69 Å². The van der Waals surface area contributed by atoms with Gasteiger partial charge < -0.3 is 14.0 Å². The molecule has 3 aromatic rings. The van der Waals surface area contributed by atoms with Crippen LogP contribution in [0.1, 0.15) is 17.0 Å². The first-order chi connectivity index (χ1) is 14.0. The number of ether oxygens (including phenoxy) is 2. The number of nitro groups is 1. The summed E-state index contributed by atoms with van der Waals surface area (Å²) in [6.45, 7) is 1.64. The Balaban J connectivity index is 1.85. The number of aryl methyl sites for hydroxylation is 1. The van der Waals surface area contributed by atoms with Gasteiger partial charge in [-0.05, 0) is 18.1 Å². The van der Waals surface area contributed by atoms with Crippen LogP contribution < -0.4 is 9.47 Å². The van der Waals surface area contributed by atoms with Crippen molar-refractivity contribution in [2.24, 2.45) is 0 Å². The fraction of sp³-hybridized carbons (Fsp3) is 0.222. The highest BCUT2D eigenvalue weighted by atomic mass is 19.3. The van der Waals surface area contributed by atoms with Gasteiger partial charge in [-0.3, -0.25) is 10.1 Å². The van der Waals surface area contributed by atoms with Crippen molar-refractivity contribution in [2.75, 3.05) is 0 Å². The summed E-state index contributed by atoms with van der Waals surface area (Å²) in [5.74, 6) is -1.46. The molecule has 0 saturated carbocycles. The highest BCUT2D eigenvalue weighted by Gasteiger charge is 2.66. The molecule has 1 aliphatic heterocycles. The van der Waals surface area contributed by atoms with Crippen LogP contribution in [0.2, 0.25) is 0 Å². The van der Waals surface area contributed by atoms with Crippen molar-refractivity contribution in [1.29, 1.82) is 5.26 Å². The number of hydrogen-bond acceptors (Lipinski definition) is 6. The first kappa shape index (κ1) is 19.4. The van der Waals surface area contributed by atoms with Crippen LogP contribution in [-0.2, 0) is 6.54 Å². The smallest absolute Gasteiger partial charge is 0.421 e. The monoisotopic (exact) mass is 422 g/mol. The molecular weight excluding hydrogens is 412 g/mol. The molecule has 0 N–H and O–H groups in total. The quantitative estimate of drug-likeness (QED) is 0.357. The molecule has 0 spiro atoms. The van der Waals surface area contributed by atoms with E-state index >= 15 is 0 Å². The summed E-state index contributed by atoms with van der Waals surface area (Å²) in [7, 11) is 0. The molecule has 4 rings (SSSR count). The number of nitro benzene ring substituents is 1. The largest absolute Gasteiger partial charge is 0.507 e. The van der Waals surface area contributed by atoms with Gasteiger partial charge in [-0.2, -0.15) is 22.8 Å². The lowest BCUT2D eigenvalue weighted by Crippen LogP contribution is -2.52. The first-order valence-corrected chi connectivity index (χ1v) is 8.34. The van der Waals surface area contributed by atoms with E-state index in [2.05, 4.69) is 14.5 Å². The van der Waals surface area contributed by atoms with Gasteiger partial charge in [-0.1, -0.05) is 6.07 Å². The lowest BCUT2D eigenvalue weighted by atomic mass is 10.1. The molecule has 12 heteroatoms. The molecule has 0 aliphatic carbocycles. The number of rotatable bonds is 3. The summed E-state index contributed by atoms with van der Waals surface area (Å²) in [5.41, 5.74) is 1.13. The maximum atomic E-state index is 13.5. The molecule has 8 nitrogen and oxygen atoms in total. The van der Waals surface area contributed by atoms with E-state index in [1.54, 1.807) is 6.92 Å². The zero-order valence-electron chi connectivity index (χ0n) is 15.0. The van der Waals surface area contributed by atoms with Crippen LogP contribution in [0.5, 0.6) is 11.5 Å². The Labute approximate surface area is 165 Å². The second-order valence-electron chi connectivity index (χ2n) is 6.53. The average Bonchev–Trinajstić information content (AvgIpc) is 2.98. The van der Waals surface area contributed by atoms with Crippen molar-refractivity contribution < 1.29 is 32.0 Å². The van der Waals surface area contributed by atoms with Crippen LogP contribution in [0.3, 0.4) is 0 Å². The van der Waals surface area contributed by atoms with Gasteiger partial charge in [0.15, 0.2) is 11.5 Å². The number of nitriles is 1. The first-order valence-electron chi connectivity index (χ1n) is 8.34. The van der Waals surface area contributed by atoms with E-state index in [0.717, 1.165) is 12.1 Å². The highest BCUT2D eigenvalue weighted by Crippen LogP contribution is 2.48. The number of halogens is 4. The van der Waals surface area contributed by atoms with Crippen LogP contribution in [0.15, 0.2) is 30.3 Å². The van der Waals surface area contributed by atoms with Crippen molar-refractivity contribution in [3.05, 3.63) is 57.4 Å². The summed E-state index contributed by atoms with van der Waals surface area (Å²) < 4.78 is 63.4. The predicted molar refractivity (Wildman–Crippen MR) is 92.5 cm³/mol. The maximum Gasteiger partial charge on any atom is 0.507 e. The molecule has 0 radical (unpaired) electrons. The number of aromatic nitrogens is 2. The lowest BCUT2D eigenvalue weighted by molar-refractivity contribution is -0.391. The number of hydrogen-bond donors (Lipinski definition) is 0. The van der Waals surface area contributed by atoms with Crippen LogP contribution >= 0.6 is 0 Å². The standard InChI is InChI=1S/C18H10F4N4O4/c1-9-2-3-11(26(27)28)4-10(9)8-25-13-6-15-14(5-12(13)24-16(25)7-23)29-17(19,20)18(21,22)30-15/h2-6H,8H2,1H3. The zero-order valence-corrected chi connectivity index (χ0v) is 15.0. The van der Waals surface area contributed by atoms with Crippen LogP contribution in [-0.4, -0.2) is 26.7 Å². The summed E-state index contributed by atoms with van der Waals surface area (Å²) in [5, 5.41) is 20.4. The molecule has 154 valence electrons. The van der Waals surface area contributed by atoms with E-state index in [1.165, 1.54) is 22.8 Å². The SMILES string of the molecule is Cc1ccc([N+](=O)[O-])cc1Cn1c(C#N)nc2cc3c(cc21)OC(F)(F)C(F)(F)O3. The van der Waals surface area contributed by atoms with E-state index < -0.39 is 28.6 Å². The van der Waals surface area contributed by atoms with Gasteiger partial charge in [0.1, 0.15) is 6.07 Å². The second-order valence-corrected chi connectivity index (χ2v) is 6.53. The Morgan fingerprint density at radius 1 is 1.17 bits per heavy atom. The molecule has 0 saturated heterocycles. The van der Waals surface area contributed by atoms with Crippen LogP contribution in [0.4, 0.5) is 23.2 Å². The molecule has 30 heavy (non-hydrogen) atoms. The second kappa shape index (κ2) is 6.31. The third kappa shape index (κ3) is 2.95. The van der Waals surface area contributed by atoms with Crippen molar-refractivity contribution in [2.45, 2.75) is 25.7 Å². The minimum atomic E-state index is -4.90. The Morgan fingerprint density at radius 3 is 2.40 bits per heavy atom. The number of nitrogens with zero attached hydrogens (tertiary/aromatic N) is 4. The van der Waals surface area contributed by atoms with Gasteiger partial charge in [0.2, 0.25) is 5.82 Å². The van der Waals surface area contributed by atoms with Gasteiger partial charge in [0.05, 0.1) is 22.5 Å². The Hall–Kier alpha value is -3.88. The summed E-state index contributed by atoms with van der Waals surface area (Å²) in [6, 6.07) is 7.96. The molecule has 1 aromatic heterocycles. The lowest BCUT2D eigenvalue weighted by Gasteiger charge is -2.31. The van der Waals surface area contributed by atoms with Gasteiger partial charge in [0, 0.05) is 24.3 Å². The predicted octanol–water partition coefficient (Wildman–Crippen LogP) is 4.13. The number of alkyl halides is 4. The minimum absolute atomic E-state index is 0.0259. The van der Waals surface area contributed by atoms with Crippen molar-refractivity contribution in [1.82, 2.24) is 9.55 Å². The fourth-order valence-electron chi connectivity index (χ4n) is 3.04. The molecule has 1 aliphatic rings. The Morgan fingerprint density at radius 2 is 1.80 bits per heavy atom. The number of fused-ring (bicyclic) bond motifs is 2. The van der Waals surface area contributed by atoms with E-state index in [4.69, 9.17) is 0 Å². The summed E-state index contributed by atoms with van der Waals surface area (Å²) >= 11 is 0. The Bertz CT molecular complexity index is 1250. The molecular formula is C18H10F4N4O4. The topological polar surface area (TPSA) is 103 Å². The third-order valence-electron chi connectivity index (χ3n) is 4.60. The fourth-order valence-corrected chi connectivity index (χ4v) is 3.04. The summed E-state index contributed by atoms with van der Waals surface area (Å²) in [6.07, 6.45) is -9.78. The van der Waals surface area contributed by atoms with Crippen LogP contribution in [0, 0.1) is 28.4 Å². The molecule has 0 unspecified atom stereocenters. The highest BCUT2D eigenvalue weighted by molar-refractivity contribution is 5.81. The molecule has 0 fully saturated rings. The summed E-state index contributed by atoms with van der Waals surface area (Å²) in [4.78, 5) is 14.5. The number of non-ortho nitro benzene ring substituents is 1. The average molecular weight is 422 g/mol. The maximum absolute atomic E-state index is 13.5. The minimum Gasteiger partial charge on any atom is -0.421 e. The van der Waals surface area contributed by atoms with Gasteiger partial charge in [-0.25, -0.2) is 4.98 Å². The zero-order chi connectivity index (χ0) is 21.8. The molecule has 2 heterocycles. The van der Waals surface area contributed by atoms with Gasteiger partial charge >= 0.3 is 12.2 Å². The van der Waals surface area contributed by atoms with E-state index in [0.29, 0.717) is 11.1 Å². The van der Waals surface area contributed by atoms with E-state index in [-0.39, 0.29) is 29.1 Å².